The van der Waals surface area contributed by atoms with Crippen molar-refractivity contribution in [2.24, 2.45) is 0 Å². The van der Waals surface area contributed by atoms with Crippen LogP contribution in [-0.4, -0.2) is 18.4 Å². The van der Waals surface area contributed by atoms with Crippen LogP contribution in [0.1, 0.15) is 34.1 Å². The summed E-state index contributed by atoms with van der Waals surface area (Å²) >= 11 is 3.55. The zero-order valence-electron chi connectivity index (χ0n) is 11.0. The Morgan fingerprint density at radius 3 is 2.05 bits per heavy atom. The maximum absolute atomic E-state index is 11.6. The molecule has 2 aromatic rings. The molecule has 6 rings (SSSR count). The second-order valence-electron chi connectivity index (χ2n) is 5.77. The first kappa shape index (κ1) is 11.8. The van der Waals surface area contributed by atoms with Gasteiger partial charge in [0.1, 0.15) is 0 Å². The van der Waals surface area contributed by atoms with Crippen LogP contribution in [-0.2, 0) is 9.47 Å². The lowest BCUT2D eigenvalue weighted by molar-refractivity contribution is 0.103. The van der Waals surface area contributed by atoms with Gasteiger partial charge in [-0.1, -0.05) is 46.3 Å². The summed E-state index contributed by atoms with van der Waals surface area (Å²) in [5.74, 6) is 0.140. The van der Waals surface area contributed by atoms with Crippen molar-refractivity contribution >= 4 is 22.1 Å². The molecule has 0 saturated carbocycles. The number of carbonyl (C=O) groups is 1. The van der Waals surface area contributed by atoms with E-state index in [9.17, 15) is 4.79 Å². The van der Waals surface area contributed by atoms with E-state index in [1.165, 1.54) is 22.3 Å². The molecule has 21 heavy (non-hydrogen) atoms. The number of hydrogen-bond donors (Lipinski definition) is 0. The van der Waals surface area contributed by atoms with Gasteiger partial charge in [0, 0.05) is 4.47 Å². The SMILES string of the molecule is O=C1OC2C3c4ccccc4C(c4cc(Br)ccc43)C2O1. The predicted octanol–water partition coefficient (Wildman–Crippen LogP) is 3.94. The van der Waals surface area contributed by atoms with Crippen molar-refractivity contribution < 1.29 is 14.3 Å². The highest BCUT2D eigenvalue weighted by Gasteiger charge is 2.56. The van der Waals surface area contributed by atoms with Gasteiger partial charge in [-0.15, -0.1) is 0 Å². The second kappa shape index (κ2) is 3.89. The van der Waals surface area contributed by atoms with Crippen LogP contribution in [0.5, 0.6) is 0 Å². The Labute approximate surface area is 130 Å². The summed E-state index contributed by atoms with van der Waals surface area (Å²) in [5.41, 5.74) is 5.01. The van der Waals surface area contributed by atoms with Crippen LogP contribution in [0.3, 0.4) is 0 Å². The van der Waals surface area contributed by atoms with Gasteiger partial charge in [0.25, 0.3) is 0 Å². The van der Waals surface area contributed by atoms with E-state index in [0.717, 1.165) is 4.47 Å². The van der Waals surface area contributed by atoms with Gasteiger partial charge < -0.3 is 9.47 Å². The zero-order valence-corrected chi connectivity index (χ0v) is 12.5. The van der Waals surface area contributed by atoms with Crippen molar-refractivity contribution in [3.05, 3.63) is 69.2 Å². The smallest absolute Gasteiger partial charge is 0.426 e. The molecule has 4 unspecified atom stereocenters. The molecular weight excluding hydrogens is 332 g/mol. The van der Waals surface area contributed by atoms with Crippen LogP contribution in [0.25, 0.3) is 0 Å². The first-order chi connectivity index (χ1) is 10.2. The Morgan fingerprint density at radius 1 is 0.810 bits per heavy atom. The monoisotopic (exact) mass is 342 g/mol. The molecular formula is C17H11BrO3. The van der Waals surface area contributed by atoms with Crippen LogP contribution < -0.4 is 0 Å². The standard InChI is InChI=1S/C17H11BrO3/c18-8-5-6-11-12(7-8)14-10-4-2-1-3-9(10)13(11)15-16(14)21-17(19)20-15/h1-7,13-16H. The molecule has 1 aliphatic heterocycles. The molecule has 0 N–H and O–H groups in total. The van der Waals surface area contributed by atoms with Crippen molar-refractivity contribution in [2.45, 2.75) is 24.0 Å². The summed E-state index contributed by atoms with van der Waals surface area (Å²) in [6.45, 7) is 0. The van der Waals surface area contributed by atoms with E-state index in [4.69, 9.17) is 9.47 Å². The van der Waals surface area contributed by atoms with Gasteiger partial charge >= 0.3 is 6.16 Å². The molecule has 3 aliphatic carbocycles. The Morgan fingerprint density at radius 2 is 1.38 bits per heavy atom. The molecule has 2 aromatic carbocycles. The largest absolute Gasteiger partial charge is 0.509 e. The third-order valence-corrected chi connectivity index (χ3v) is 5.32. The zero-order chi connectivity index (χ0) is 14.1. The van der Waals surface area contributed by atoms with E-state index in [2.05, 4.69) is 46.3 Å². The Balaban J connectivity index is 1.83. The lowest BCUT2D eigenvalue weighted by Gasteiger charge is -2.45. The van der Waals surface area contributed by atoms with Crippen LogP contribution >= 0.6 is 15.9 Å². The molecule has 0 aromatic heterocycles. The molecule has 1 fully saturated rings. The quantitative estimate of drug-likeness (QED) is 0.680. The minimum atomic E-state index is -0.542. The van der Waals surface area contributed by atoms with Gasteiger partial charge in [0.2, 0.25) is 0 Å². The summed E-state index contributed by atoms with van der Waals surface area (Å²) in [5, 5.41) is 0. The van der Waals surface area contributed by atoms with Crippen LogP contribution in [0.15, 0.2) is 46.9 Å². The third kappa shape index (κ3) is 1.41. The van der Waals surface area contributed by atoms with Gasteiger partial charge in [0.05, 0.1) is 11.8 Å². The summed E-state index contributed by atoms with van der Waals surface area (Å²) < 4.78 is 12.0. The molecule has 1 heterocycles. The van der Waals surface area contributed by atoms with E-state index in [0.29, 0.717) is 0 Å². The van der Waals surface area contributed by atoms with E-state index in [1.807, 2.05) is 12.1 Å². The number of carbonyl (C=O) groups excluding carboxylic acids is 1. The van der Waals surface area contributed by atoms with Gasteiger partial charge in [-0.05, 0) is 34.4 Å². The maximum atomic E-state index is 11.6. The molecule has 3 nitrogen and oxygen atoms in total. The van der Waals surface area contributed by atoms with Crippen molar-refractivity contribution in [1.82, 2.24) is 0 Å². The Bertz CT molecular complexity index is 785. The molecule has 0 spiro atoms. The lowest BCUT2D eigenvalue weighted by atomic mass is 9.61. The third-order valence-electron chi connectivity index (χ3n) is 4.83. The summed E-state index contributed by atoms with van der Waals surface area (Å²) in [6.07, 6.45) is -0.954. The Hall–Kier alpha value is -1.81. The highest BCUT2D eigenvalue weighted by molar-refractivity contribution is 9.10. The maximum Gasteiger partial charge on any atom is 0.509 e. The van der Waals surface area contributed by atoms with Gasteiger partial charge in [-0.2, -0.15) is 0 Å². The number of rotatable bonds is 0. The average molecular weight is 343 g/mol. The molecule has 104 valence electrons. The van der Waals surface area contributed by atoms with Crippen LogP contribution in [0.2, 0.25) is 0 Å². The van der Waals surface area contributed by atoms with E-state index in [1.54, 1.807) is 0 Å². The van der Waals surface area contributed by atoms with E-state index in [-0.39, 0.29) is 24.0 Å². The molecule has 0 amide bonds. The van der Waals surface area contributed by atoms with E-state index >= 15 is 0 Å². The van der Waals surface area contributed by atoms with Crippen LogP contribution in [0, 0.1) is 0 Å². The molecule has 4 aliphatic rings. The highest BCUT2D eigenvalue weighted by Crippen LogP contribution is 2.56. The van der Waals surface area contributed by atoms with Gasteiger partial charge in [-0.3, -0.25) is 0 Å². The minimum Gasteiger partial charge on any atom is -0.426 e. The summed E-state index contributed by atoms with van der Waals surface area (Å²) in [7, 11) is 0. The number of halogens is 1. The molecule has 2 bridgehead atoms. The number of hydrogen-bond acceptors (Lipinski definition) is 3. The molecule has 1 saturated heterocycles. The fourth-order valence-electron chi connectivity index (χ4n) is 4.12. The summed E-state index contributed by atoms with van der Waals surface area (Å²) in [4.78, 5) is 11.6. The second-order valence-corrected chi connectivity index (χ2v) is 6.69. The van der Waals surface area contributed by atoms with Gasteiger partial charge in [-0.25, -0.2) is 4.79 Å². The highest BCUT2D eigenvalue weighted by atomic mass is 79.9. The first-order valence-electron chi connectivity index (χ1n) is 6.99. The first-order valence-corrected chi connectivity index (χ1v) is 7.79. The molecule has 4 atom stereocenters. The predicted molar refractivity (Wildman–Crippen MR) is 79.4 cm³/mol. The number of ether oxygens (including phenoxy) is 2. The average Bonchev–Trinajstić information content (AvgIpc) is 2.87. The van der Waals surface area contributed by atoms with Gasteiger partial charge in [0.15, 0.2) is 12.2 Å². The summed E-state index contributed by atoms with van der Waals surface area (Å²) in [6, 6.07) is 14.7. The van der Waals surface area contributed by atoms with Crippen molar-refractivity contribution in [3.8, 4) is 0 Å². The molecule has 4 heteroatoms. The van der Waals surface area contributed by atoms with Crippen molar-refractivity contribution in [1.29, 1.82) is 0 Å². The fourth-order valence-corrected chi connectivity index (χ4v) is 4.50. The minimum absolute atomic E-state index is 0.0650. The number of benzene rings is 2. The van der Waals surface area contributed by atoms with Crippen molar-refractivity contribution in [2.75, 3.05) is 0 Å². The van der Waals surface area contributed by atoms with Crippen LogP contribution in [0.4, 0.5) is 4.79 Å². The van der Waals surface area contributed by atoms with E-state index < -0.39 is 6.16 Å². The topological polar surface area (TPSA) is 35.5 Å². The fraction of sp³-hybridized carbons (Fsp3) is 0.235. The van der Waals surface area contributed by atoms with Crippen molar-refractivity contribution in [3.63, 3.8) is 0 Å². The normalized spacial score (nSPS) is 31.0. The Kier molecular flexibility index (Phi) is 2.19. The lowest BCUT2D eigenvalue weighted by Crippen LogP contribution is -2.45. The molecule has 0 radical (unpaired) electrons.